The highest BCUT2D eigenvalue weighted by atomic mass is 32.1. The summed E-state index contributed by atoms with van der Waals surface area (Å²) < 4.78 is 0.547. The number of hydrogen-bond acceptors (Lipinski definition) is 4. The van der Waals surface area contributed by atoms with E-state index in [0.29, 0.717) is 4.64 Å². The number of hydrogen-bond donors (Lipinski definition) is 2. The molecule has 0 saturated carbocycles. The van der Waals surface area contributed by atoms with Crippen molar-refractivity contribution in [2.75, 3.05) is 0 Å². The van der Waals surface area contributed by atoms with E-state index in [0.717, 1.165) is 23.0 Å². The molecule has 0 aliphatic carbocycles. The Morgan fingerprint density at radius 3 is 2.39 bits per heavy atom. The molecule has 0 bridgehead atoms. The van der Waals surface area contributed by atoms with Gasteiger partial charge in [-0.3, -0.25) is 4.79 Å². The summed E-state index contributed by atoms with van der Waals surface area (Å²) in [5.74, 6) is 0. The Morgan fingerprint density at radius 2 is 1.78 bits per heavy atom. The number of imidazole rings is 1. The summed E-state index contributed by atoms with van der Waals surface area (Å²) in [5, 5.41) is 0. The van der Waals surface area contributed by atoms with E-state index in [1.807, 2.05) is 18.2 Å². The Balaban J connectivity index is 0.000000138. The topological polar surface area (TPSA) is 74.4 Å². The minimum Gasteiger partial charge on any atom is -0.341 e. The van der Waals surface area contributed by atoms with E-state index in [9.17, 15) is 4.79 Å². The summed E-state index contributed by atoms with van der Waals surface area (Å²) in [7, 11) is 0. The number of nitrogens with zero attached hydrogens (tertiary/aromatic N) is 2. The number of H-pyrrole nitrogens is 2. The van der Waals surface area contributed by atoms with Crippen LogP contribution < -0.4 is 0 Å². The van der Waals surface area contributed by atoms with Gasteiger partial charge in [-0.1, -0.05) is 42.5 Å². The number of nitrogens with one attached hydrogen (secondary N) is 2. The van der Waals surface area contributed by atoms with Gasteiger partial charge in [0.1, 0.15) is 11.8 Å². The predicted octanol–water partition coefficient (Wildman–Crippen LogP) is 2.51. The summed E-state index contributed by atoms with van der Waals surface area (Å²) in [4.78, 5) is 23.6. The highest BCUT2D eigenvalue weighted by molar-refractivity contribution is 7.71. The molecule has 5 nitrogen and oxygen atoms in total. The normalized spacial score (nSPS) is 9.56. The summed E-state index contributed by atoms with van der Waals surface area (Å²) >= 11 is 4.91. The average Bonchev–Trinajstić information content (AvgIpc) is 2.90. The lowest BCUT2D eigenvalue weighted by Crippen LogP contribution is -1.80. The maximum absolute atomic E-state index is 10.0. The van der Waals surface area contributed by atoms with Crippen LogP contribution in [0.15, 0.2) is 43.0 Å². The Kier molecular flexibility index (Phi) is 3.93. The van der Waals surface area contributed by atoms with Crippen LogP contribution in [0, 0.1) is 4.64 Å². The van der Waals surface area contributed by atoms with E-state index < -0.39 is 0 Å². The molecule has 6 heteroatoms. The lowest BCUT2D eigenvalue weighted by atomic mass is 10.2. The van der Waals surface area contributed by atoms with Crippen molar-refractivity contribution in [3.8, 4) is 0 Å². The van der Waals surface area contributed by atoms with Gasteiger partial charge in [0.25, 0.3) is 0 Å². The van der Waals surface area contributed by atoms with Gasteiger partial charge in [0.2, 0.25) is 0 Å². The van der Waals surface area contributed by atoms with Gasteiger partial charge in [-0.2, -0.15) is 0 Å². The summed E-state index contributed by atoms with van der Waals surface area (Å²) in [6.45, 7) is 0. The third-order valence-electron chi connectivity index (χ3n) is 2.17. The molecule has 18 heavy (non-hydrogen) atoms. The van der Waals surface area contributed by atoms with Crippen molar-refractivity contribution in [2.24, 2.45) is 0 Å². The molecule has 0 amide bonds. The highest BCUT2D eigenvalue weighted by Gasteiger charge is 1.94. The Morgan fingerprint density at radius 1 is 1.06 bits per heavy atom. The number of aldehydes is 1. The Labute approximate surface area is 108 Å². The van der Waals surface area contributed by atoms with Gasteiger partial charge in [-0.25, -0.2) is 9.97 Å². The maximum Gasteiger partial charge on any atom is 0.159 e. The minimum atomic E-state index is 0.547. The van der Waals surface area contributed by atoms with Crippen LogP contribution in [-0.4, -0.2) is 26.2 Å². The van der Waals surface area contributed by atoms with E-state index >= 15 is 0 Å². The number of benzene rings is 1. The molecule has 1 aromatic carbocycles. The van der Waals surface area contributed by atoms with E-state index in [-0.39, 0.29) is 0 Å². The standard InChI is InChI=1S/C7H6O.C5H4N4S/c8-6-7-4-2-1-3-5-7;10-5-3-4(7-1-6-3)8-2-9-5/h1-6H;1-2H,(H2,6,7,8,9,10). The highest BCUT2D eigenvalue weighted by Crippen LogP contribution is 2.02. The fourth-order valence-electron chi connectivity index (χ4n) is 1.31. The third-order valence-corrected chi connectivity index (χ3v) is 2.48. The number of carbonyl (C=O) groups is 1. The van der Waals surface area contributed by atoms with E-state index in [2.05, 4.69) is 19.9 Å². The van der Waals surface area contributed by atoms with Crippen molar-refractivity contribution >= 4 is 29.7 Å². The van der Waals surface area contributed by atoms with Crippen molar-refractivity contribution in [1.82, 2.24) is 19.9 Å². The second kappa shape index (κ2) is 5.83. The largest absolute Gasteiger partial charge is 0.341 e. The summed E-state index contributed by atoms with van der Waals surface area (Å²) in [6, 6.07) is 9.10. The molecular formula is C12H10N4OS. The summed E-state index contributed by atoms with van der Waals surface area (Å²) in [5.41, 5.74) is 2.27. The van der Waals surface area contributed by atoms with Crippen LogP contribution in [0.25, 0.3) is 11.2 Å². The van der Waals surface area contributed by atoms with Crippen LogP contribution in [0.2, 0.25) is 0 Å². The second-order valence-electron chi connectivity index (χ2n) is 3.36. The zero-order valence-corrected chi connectivity index (χ0v) is 10.1. The van der Waals surface area contributed by atoms with Crippen LogP contribution >= 0.6 is 12.2 Å². The first kappa shape index (κ1) is 12.1. The van der Waals surface area contributed by atoms with Gasteiger partial charge >= 0.3 is 0 Å². The summed E-state index contributed by atoms with van der Waals surface area (Å²) in [6.07, 6.45) is 3.95. The zero-order valence-electron chi connectivity index (χ0n) is 9.33. The van der Waals surface area contributed by atoms with Crippen molar-refractivity contribution in [1.29, 1.82) is 0 Å². The zero-order chi connectivity index (χ0) is 12.8. The molecule has 0 unspecified atom stereocenters. The lowest BCUT2D eigenvalue weighted by molar-refractivity contribution is 0.112. The van der Waals surface area contributed by atoms with Crippen LogP contribution in [-0.2, 0) is 0 Å². The van der Waals surface area contributed by atoms with E-state index in [4.69, 9.17) is 12.2 Å². The SMILES string of the molecule is O=Cc1ccccc1.S=c1nc[nH]c2nc[nH]c12. The van der Waals surface area contributed by atoms with Crippen LogP contribution in [0.5, 0.6) is 0 Å². The Hall–Kier alpha value is -2.34. The van der Waals surface area contributed by atoms with Gasteiger partial charge in [-0.05, 0) is 0 Å². The molecule has 3 rings (SSSR count). The number of aromatic nitrogens is 4. The van der Waals surface area contributed by atoms with Crippen molar-refractivity contribution < 1.29 is 4.79 Å². The molecule has 0 aliphatic heterocycles. The molecule has 3 aromatic rings. The first-order valence-corrected chi connectivity index (χ1v) is 5.59. The van der Waals surface area contributed by atoms with Crippen LogP contribution in [0.4, 0.5) is 0 Å². The fourth-order valence-corrected chi connectivity index (χ4v) is 1.52. The van der Waals surface area contributed by atoms with Gasteiger partial charge in [0.15, 0.2) is 10.3 Å². The molecule has 0 fully saturated rings. The lowest BCUT2D eigenvalue weighted by Gasteiger charge is -1.84. The van der Waals surface area contributed by atoms with Crippen LogP contribution in [0.3, 0.4) is 0 Å². The van der Waals surface area contributed by atoms with Gasteiger partial charge in [-0.15, -0.1) is 0 Å². The van der Waals surface area contributed by atoms with E-state index in [1.165, 1.54) is 6.33 Å². The van der Waals surface area contributed by atoms with E-state index in [1.54, 1.807) is 18.5 Å². The molecule has 2 N–H and O–H groups in total. The fraction of sp³-hybridized carbons (Fsp3) is 0. The average molecular weight is 258 g/mol. The van der Waals surface area contributed by atoms with Gasteiger partial charge < -0.3 is 9.97 Å². The minimum absolute atomic E-state index is 0.547. The number of rotatable bonds is 1. The number of carbonyl (C=O) groups excluding carboxylic acids is 1. The van der Waals surface area contributed by atoms with Crippen molar-refractivity contribution in [2.45, 2.75) is 0 Å². The molecule has 0 saturated heterocycles. The quantitative estimate of drug-likeness (QED) is 0.519. The predicted molar refractivity (Wildman–Crippen MR) is 70.9 cm³/mol. The monoisotopic (exact) mass is 258 g/mol. The Bertz CT molecular complexity index is 690. The molecule has 0 spiro atoms. The molecule has 0 aliphatic rings. The molecular weight excluding hydrogens is 248 g/mol. The number of aromatic amines is 2. The molecule has 90 valence electrons. The molecule has 2 aromatic heterocycles. The maximum atomic E-state index is 10.0. The van der Waals surface area contributed by atoms with Crippen molar-refractivity contribution in [3.63, 3.8) is 0 Å². The van der Waals surface area contributed by atoms with Gasteiger partial charge in [0.05, 0.1) is 12.7 Å². The first-order chi connectivity index (χ1) is 8.81. The molecule has 2 heterocycles. The van der Waals surface area contributed by atoms with Crippen molar-refractivity contribution in [3.05, 3.63) is 53.2 Å². The van der Waals surface area contributed by atoms with Gasteiger partial charge in [0, 0.05) is 5.56 Å². The third kappa shape index (κ3) is 2.86. The van der Waals surface area contributed by atoms with Crippen LogP contribution in [0.1, 0.15) is 10.4 Å². The second-order valence-corrected chi connectivity index (χ2v) is 3.75. The number of fused-ring (bicyclic) bond motifs is 1. The molecule has 0 radical (unpaired) electrons. The smallest absolute Gasteiger partial charge is 0.159 e. The first-order valence-electron chi connectivity index (χ1n) is 5.18. The molecule has 0 atom stereocenters.